The lowest BCUT2D eigenvalue weighted by molar-refractivity contribution is 0.504. The summed E-state index contributed by atoms with van der Waals surface area (Å²) in [6, 6.07) is 6.43. The topological polar surface area (TPSA) is 50.9 Å². The molecule has 2 aromatic heterocycles. The van der Waals surface area contributed by atoms with Gasteiger partial charge in [-0.25, -0.2) is 4.39 Å². The van der Waals surface area contributed by atoms with E-state index in [0.29, 0.717) is 28.1 Å². The lowest BCUT2D eigenvalue weighted by Gasteiger charge is -2.20. The normalized spacial score (nSPS) is 11.0. The molecule has 0 aliphatic rings. The van der Waals surface area contributed by atoms with Gasteiger partial charge in [0.1, 0.15) is 5.82 Å². The fourth-order valence-electron chi connectivity index (χ4n) is 3.15. The number of nitrogens with one attached hydrogen (secondary N) is 1. The van der Waals surface area contributed by atoms with E-state index in [1.54, 1.807) is 29.1 Å². The molecule has 3 aromatic rings. The maximum atomic E-state index is 14.0. The quantitative estimate of drug-likeness (QED) is 0.583. The molecule has 1 aromatic carbocycles. The molecule has 2 heterocycles. The number of nitrogens with zero attached hydrogens (tertiary/aromatic N) is 5. The third-order valence-electron chi connectivity index (χ3n) is 4.83. The van der Waals surface area contributed by atoms with Crippen molar-refractivity contribution in [3.8, 4) is 0 Å². The summed E-state index contributed by atoms with van der Waals surface area (Å²) in [7, 11) is 1.92. The predicted molar refractivity (Wildman–Crippen MR) is 118 cm³/mol. The van der Waals surface area contributed by atoms with E-state index < -0.39 is 0 Å². The SMILES string of the molecule is CCn1nc(C)c(CN(C)C(=S)Nc2ccn(Cc3c(F)cccc3Cl)n2)c1C. The van der Waals surface area contributed by atoms with Crippen molar-refractivity contribution < 1.29 is 4.39 Å². The molecule has 6 nitrogen and oxygen atoms in total. The number of thiocarbonyl (C=S) groups is 1. The molecule has 29 heavy (non-hydrogen) atoms. The fourth-order valence-corrected chi connectivity index (χ4v) is 3.54. The number of hydrogen-bond acceptors (Lipinski definition) is 3. The standard InChI is InChI=1S/C20H24ClFN6S/c1-5-28-14(3)15(13(2)24-28)11-26(4)20(29)23-19-9-10-27(25-19)12-16-17(21)7-6-8-18(16)22/h6-10H,5,11-12H2,1-4H3,(H,23,25,29). The van der Waals surface area contributed by atoms with Crippen LogP contribution in [0.3, 0.4) is 0 Å². The van der Waals surface area contributed by atoms with Gasteiger partial charge in [0.05, 0.1) is 12.2 Å². The summed E-state index contributed by atoms with van der Waals surface area (Å²) in [5, 5.41) is 13.0. The Hall–Kier alpha value is -2.45. The minimum Gasteiger partial charge on any atom is -0.348 e. The van der Waals surface area contributed by atoms with Gasteiger partial charge in [-0.3, -0.25) is 9.36 Å². The van der Waals surface area contributed by atoms with Crippen LogP contribution in [-0.2, 0) is 19.6 Å². The van der Waals surface area contributed by atoms with E-state index in [2.05, 4.69) is 29.4 Å². The first-order valence-corrected chi connectivity index (χ1v) is 10.1. The van der Waals surface area contributed by atoms with E-state index in [1.807, 2.05) is 23.6 Å². The zero-order valence-electron chi connectivity index (χ0n) is 16.9. The second-order valence-electron chi connectivity index (χ2n) is 6.85. The molecule has 0 aliphatic carbocycles. The molecule has 0 saturated heterocycles. The number of halogens is 2. The average Bonchev–Trinajstić information content (AvgIpc) is 3.23. The van der Waals surface area contributed by atoms with Crippen molar-refractivity contribution in [2.75, 3.05) is 12.4 Å². The molecule has 0 aliphatic heterocycles. The predicted octanol–water partition coefficient (Wildman–Crippen LogP) is 4.39. The second kappa shape index (κ2) is 8.92. The van der Waals surface area contributed by atoms with Crippen molar-refractivity contribution in [1.82, 2.24) is 24.5 Å². The Kier molecular flexibility index (Phi) is 6.54. The number of benzene rings is 1. The molecule has 0 amide bonds. The van der Waals surface area contributed by atoms with Crippen LogP contribution in [0.5, 0.6) is 0 Å². The highest BCUT2D eigenvalue weighted by Gasteiger charge is 2.15. The van der Waals surface area contributed by atoms with Gasteiger partial charge in [-0.05, 0) is 45.1 Å². The van der Waals surface area contributed by atoms with Crippen molar-refractivity contribution in [1.29, 1.82) is 0 Å². The van der Waals surface area contributed by atoms with Gasteiger partial charge in [0.15, 0.2) is 10.9 Å². The molecule has 1 N–H and O–H groups in total. The minimum atomic E-state index is -0.351. The van der Waals surface area contributed by atoms with Gasteiger partial charge < -0.3 is 10.2 Å². The summed E-state index contributed by atoms with van der Waals surface area (Å²) in [6.45, 7) is 7.87. The first-order valence-electron chi connectivity index (χ1n) is 9.31. The van der Waals surface area contributed by atoms with Gasteiger partial charge in [-0.15, -0.1) is 0 Å². The lowest BCUT2D eigenvalue weighted by Crippen LogP contribution is -2.31. The summed E-state index contributed by atoms with van der Waals surface area (Å²) >= 11 is 11.6. The maximum Gasteiger partial charge on any atom is 0.174 e. The molecule has 9 heteroatoms. The van der Waals surface area contributed by atoms with E-state index in [1.165, 1.54) is 11.6 Å². The Morgan fingerprint density at radius 3 is 2.66 bits per heavy atom. The van der Waals surface area contributed by atoms with Crippen molar-refractivity contribution in [3.05, 3.63) is 63.8 Å². The molecule has 154 valence electrons. The molecule has 0 unspecified atom stereocenters. The number of aromatic nitrogens is 4. The van der Waals surface area contributed by atoms with Crippen LogP contribution in [0.25, 0.3) is 0 Å². The Balaban J connectivity index is 1.65. The van der Waals surface area contributed by atoms with Gasteiger partial charge >= 0.3 is 0 Å². The van der Waals surface area contributed by atoms with E-state index in [9.17, 15) is 4.39 Å². The average molecular weight is 435 g/mol. The summed E-state index contributed by atoms with van der Waals surface area (Å²) in [4.78, 5) is 1.94. The second-order valence-corrected chi connectivity index (χ2v) is 7.64. The third-order valence-corrected chi connectivity index (χ3v) is 5.60. The lowest BCUT2D eigenvalue weighted by atomic mass is 10.2. The van der Waals surface area contributed by atoms with Crippen LogP contribution in [-0.4, -0.2) is 36.6 Å². The molecule has 0 fully saturated rings. The van der Waals surface area contributed by atoms with Crippen LogP contribution in [0.1, 0.15) is 29.4 Å². The molecule has 0 saturated carbocycles. The van der Waals surface area contributed by atoms with Crippen molar-refractivity contribution >= 4 is 34.7 Å². The molecule has 0 spiro atoms. The highest BCUT2D eigenvalue weighted by Crippen LogP contribution is 2.20. The zero-order valence-corrected chi connectivity index (χ0v) is 18.5. The van der Waals surface area contributed by atoms with E-state index in [0.717, 1.165) is 17.9 Å². The first-order chi connectivity index (χ1) is 13.8. The monoisotopic (exact) mass is 434 g/mol. The van der Waals surface area contributed by atoms with E-state index in [-0.39, 0.29) is 12.4 Å². The largest absolute Gasteiger partial charge is 0.348 e. The Morgan fingerprint density at radius 1 is 1.24 bits per heavy atom. The van der Waals surface area contributed by atoms with Crippen LogP contribution in [0, 0.1) is 19.7 Å². The Bertz CT molecular complexity index is 1010. The van der Waals surface area contributed by atoms with Crippen LogP contribution in [0.2, 0.25) is 5.02 Å². The molecule has 0 bridgehead atoms. The molecule has 0 radical (unpaired) electrons. The molecule has 3 rings (SSSR count). The number of hydrogen-bond donors (Lipinski definition) is 1. The summed E-state index contributed by atoms with van der Waals surface area (Å²) in [5.74, 6) is 0.239. The highest BCUT2D eigenvalue weighted by molar-refractivity contribution is 7.80. The van der Waals surface area contributed by atoms with Crippen LogP contribution in [0.4, 0.5) is 10.2 Å². The summed E-state index contributed by atoms with van der Waals surface area (Å²) in [6.07, 6.45) is 1.76. The Labute approximate surface area is 180 Å². The van der Waals surface area contributed by atoms with Crippen molar-refractivity contribution in [3.63, 3.8) is 0 Å². The fraction of sp³-hybridized carbons (Fsp3) is 0.350. The van der Waals surface area contributed by atoms with Crippen LogP contribution in [0.15, 0.2) is 30.5 Å². The molecular weight excluding hydrogens is 411 g/mol. The number of rotatable bonds is 6. The number of anilines is 1. The van der Waals surface area contributed by atoms with E-state index in [4.69, 9.17) is 23.8 Å². The third kappa shape index (κ3) is 4.76. The molecular formula is C20H24ClFN6S. The van der Waals surface area contributed by atoms with Crippen molar-refractivity contribution in [2.45, 2.75) is 40.4 Å². The van der Waals surface area contributed by atoms with Gasteiger partial charge in [-0.1, -0.05) is 17.7 Å². The molecule has 0 atom stereocenters. The van der Waals surface area contributed by atoms with Crippen LogP contribution >= 0.6 is 23.8 Å². The van der Waals surface area contributed by atoms with Gasteiger partial charge in [0.25, 0.3) is 0 Å². The number of aryl methyl sites for hydroxylation is 2. The smallest absolute Gasteiger partial charge is 0.174 e. The maximum absolute atomic E-state index is 14.0. The summed E-state index contributed by atoms with van der Waals surface area (Å²) < 4.78 is 17.6. The van der Waals surface area contributed by atoms with Crippen LogP contribution < -0.4 is 5.32 Å². The highest BCUT2D eigenvalue weighted by atomic mass is 35.5. The summed E-state index contributed by atoms with van der Waals surface area (Å²) in [5.41, 5.74) is 3.72. The Morgan fingerprint density at radius 2 is 2.00 bits per heavy atom. The minimum absolute atomic E-state index is 0.240. The first kappa shape index (κ1) is 21.3. The van der Waals surface area contributed by atoms with Crippen molar-refractivity contribution in [2.24, 2.45) is 0 Å². The van der Waals surface area contributed by atoms with Gasteiger partial charge in [-0.2, -0.15) is 10.2 Å². The van der Waals surface area contributed by atoms with Gasteiger partial charge in [0, 0.05) is 54.2 Å². The zero-order chi connectivity index (χ0) is 21.1. The van der Waals surface area contributed by atoms with Gasteiger partial charge in [0.2, 0.25) is 0 Å². The van der Waals surface area contributed by atoms with E-state index >= 15 is 0 Å².